The quantitative estimate of drug-likeness (QED) is 0.633. The number of hydrogen-bond donors (Lipinski definition) is 0. The highest BCUT2D eigenvalue weighted by Crippen LogP contribution is 2.23. The van der Waals surface area contributed by atoms with Crippen molar-refractivity contribution < 1.29 is 26.4 Å². The number of amides is 1. The minimum absolute atomic E-state index is 0.0810. The number of nitrogens with zero attached hydrogens (tertiary/aromatic N) is 3. The molecule has 0 N–H and O–H groups in total. The first-order chi connectivity index (χ1) is 13.2. The molecular weight excluding hydrogens is 406 g/mol. The molecule has 1 aromatic carbocycles. The first kappa shape index (κ1) is 21.0. The van der Waals surface area contributed by atoms with Crippen molar-refractivity contribution in [1.82, 2.24) is 9.21 Å². The summed E-state index contributed by atoms with van der Waals surface area (Å²) in [5, 5.41) is 0. The Morgan fingerprint density at radius 3 is 2.11 bits per heavy atom. The second-order valence-corrected chi connectivity index (χ2v) is 10.7. The van der Waals surface area contributed by atoms with Crippen molar-refractivity contribution in [2.75, 3.05) is 56.5 Å². The van der Waals surface area contributed by atoms with Crippen LogP contribution in [-0.2, 0) is 29.6 Å². The van der Waals surface area contributed by atoms with E-state index in [9.17, 15) is 21.6 Å². The van der Waals surface area contributed by atoms with E-state index in [1.807, 2.05) is 0 Å². The average Bonchev–Trinajstić information content (AvgIpc) is 3.21. The third kappa shape index (κ3) is 4.65. The van der Waals surface area contributed by atoms with Gasteiger partial charge in [-0.15, -0.1) is 0 Å². The fourth-order valence-corrected chi connectivity index (χ4v) is 5.57. The molecule has 0 aliphatic carbocycles. The molecule has 28 heavy (non-hydrogen) atoms. The van der Waals surface area contributed by atoms with Gasteiger partial charge in [0.15, 0.2) is 0 Å². The van der Waals surface area contributed by atoms with Crippen LogP contribution in [0.5, 0.6) is 0 Å². The molecule has 0 saturated carbocycles. The molecular formula is C17H25N3O6S2. The fraction of sp³-hybridized carbons (Fsp3) is 0.588. The molecule has 1 aromatic rings. The van der Waals surface area contributed by atoms with E-state index in [0.717, 1.165) is 23.4 Å². The number of carbonyl (C=O) groups excluding carboxylic acids is 1. The molecule has 2 heterocycles. The molecule has 9 nitrogen and oxygen atoms in total. The second-order valence-electron chi connectivity index (χ2n) is 6.87. The van der Waals surface area contributed by atoms with Gasteiger partial charge in [-0.2, -0.15) is 4.31 Å². The van der Waals surface area contributed by atoms with Gasteiger partial charge in [0.25, 0.3) is 0 Å². The first-order valence-electron chi connectivity index (χ1n) is 9.13. The van der Waals surface area contributed by atoms with Crippen LogP contribution >= 0.6 is 0 Å². The van der Waals surface area contributed by atoms with Gasteiger partial charge >= 0.3 is 0 Å². The van der Waals surface area contributed by atoms with Gasteiger partial charge in [0.1, 0.15) is 6.54 Å². The van der Waals surface area contributed by atoms with Gasteiger partial charge in [-0.05, 0) is 37.1 Å². The molecule has 0 radical (unpaired) electrons. The van der Waals surface area contributed by atoms with Crippen LogP contribution in [0.25, 0.3) is 0 Å². The minimum atomic E-state index is -3.70. The summed E-state index contributed by atoms with van der Waals surface area (Å²) >= 11 is 0. The molecule has 3 rings (SSSR count). The zero-order valence-corrected chi connectivity index (χ0v) is 17.4. The van der Waals surface area contributed by atoms with Crippen LogP contribution in [-0.4, -0.2) is 84.1 Å². The molecule has 1 amide bonds. The van der Waals surface area contributed by atoms with E-state index < -0.39 is 20.0 Å². The monoisotopic (exact) mass is 431 g/mol. The largest absolute Gasteiger partial charge is 0.379 e. The Morgan fingerprint density at radius 1 is 1.00 bits per heavy atom. The van der Waals surface area contributed by atoms with E-state index in [-0.39, 0.29) is 36.1 Å². The molecule has 0 atom stereocenters. The van der Waals surface area contributed by atoms with E-state index in [4.69, 9.17) is 4.74 Å². The van der Waals surface area contributed by atoms with Crippen LogP contribution in [0.15, 0.2) is 29.2 Å². The fourth-order valence-electron chi connectivity index (χ4n) is 3.31. The number of benzene rings is 1. The third-order valence-electron chi connectivity index (χ3n) is 4.87. The number of morpholine rings is 1. The number of carbonyl (C=O) groups is 1. The van der Waals surface area contributed by atoms with Crippen LogP contribution in [0.4, 0.5) is 5.69 Å². The van der Waals surface area contributed by atoms with Crippen molar-refractivity contribution in [3.63, 3.8) is 0 Å². The summed E-state index contributed by atoms with van der Waals surface area (Å²) in [7, 11) is -7.37. The van der Waals surface area contributed by atoms with E-state index >= 15 is 0 Å². The maximum atomic E-state index is 12.7. The number of ether oxygens (including phenoxy) is 1. The third-order valence-corrected chi connectivity index (χ3v) is 7.92. The normalized spacial score (nSPS) is 19.0. The Hall–Kier alpha value is -1.69. The standard InChI is InChI=1S/C17H25N3O6S2/c1-27(22,23)20(14-17(21)18-8-2-3-9-18)15-4-6-16(7-5-15)28(24,25)19-10-12-26-13-11-19/h4-7H,2-3,8-14H2,1H3. The molecule has 2 fully saturated rings. The zero-order chi connectivity index (χ0) is 20.4. The van der Waals surface area contributed by atoms with E-state index in [1.54, 1.807) is 4.90 Å². The van der Waals surface area contributed by atoms with Gasteiger partial charge in [0.2, 0.25) is 26.0 Å². The molecule has 0 spiro atoms. The molecule has 11 heteroatoms. The first-order valence-corrected chi connectivity index (χ1v) is 12.4. The van der Waals surface area contributed by atoms with Crippen molar-refractivity contribution in [3.8, 4) is 0 Å². The topological polar surface area (TPSA) is 104 Å². The number of hydrogen-bond acceptors (Lipinski definition) is 6. The Balaban J connectivity index is 1.81. The molecule has 0 unspecified atom stereocenters. The SMILES string of the molecule is CS(=O)(=O)N(CC(=O)N1CCCC1)c1ccc(S(=O)(=O)N2CCOCC2)cc1. The predicted molar refractivity (Wildman–Crippen MR) is 104 cm³/mol. The van der Waals surface area contributed by atoms with E-state index in [2.05, 4.69) is 0 Å². The van der Waals surface area contributed by atoms with Gasteiger partial charge < -0.3 is 9.64 Å². The summed E-state index contributed by atoms with van der Waals surface area (Å²) in [6.45, 7) is 2.22. The van der Waals surface area contributed by atoms with Gasteiger partial charge in [-0.25, -0.2) is 16.8 Å². The number of rotatable bonds is 6. The lowest BCUT2D eigenvalue weighted by Crippen LogP contribution is -2.41. The van der Waals surface area contributed by atoms with Crippen molar-refractivity contribution in [2.24, 2.45) is 0 Å². The van der Waals surface area contributed by atoms with Crippen LogP contribution in [0.1, 0.15) is 12.8 Å². The smallest absolute Gasteiger partial charge is 0.243 e. The maximum absolute atomic E-state index is 12.7. The molecule has 2 aliphatic heterocycles. The summed E-state index contributed by atoms with van der Waals surface area (Å²) in [4.78, 5) is 14.1. The van der Waals surface area contributed by atoms with Crippen LogP contribution in [0, 0.1) is 0 Å². The van der Waals surface area contributed by atoms with E-state index in [0.29, 0.717) is 26.3 Å². The minimum Gasteiger partial charge on any atom is -0.379 e. The van der Waals surface area contributed by atoms with Crippen molar-refractivity contribution in [2.45, 2.75) is 17.7 Å². The Morgan fingerprint density at radius 2 is 1.57 bits per heavy atom. The maximum Gasteiger partial charge on any atom is 0.243 e. The van der Waals surface area contributed by atoms with Gasteiger partial charge in [-0.1, -0.05) is 0 Å². The zero-order valence-electron chi connectivity index (χ0n) is 15.8. The highest BCUT2D eigenvalue weighted by Gasteiger charge is 2.28. The average molecular weight is 432 g/mol. The number of likely N-dealkylation sites (tertiary alicyclic amines) is 1. The molecule has 0 bridgehead atoms. The van der Waals surface area contributed by atoms with Crippen LogP contribution in [0.2, 0.25) is 0 Å². The molecule has 156 valence electrons. The van der Waals surface area contributed by atoms with Crippen molar-refractivity contribution in [1.29, 1.82) is 0 Å². The van der Waals surface area contributed by atoms with Crippen molar-refractivity contribution in [3.05, 3.63) is 24.3 Å². The highest BCUT2D eigenvalue weighted by atomic mass is 32.2. The van der Waals surface area contributed by atoms with Gasteiger partial charge in [-0.3, -0.25) is 9.10 Å². The lowest BCUT2D eigenvalue weighted by molar-refractivity contribution is -0.128. The Bertz CT molecular complexity index is 903. The highest BCUT2D eigenvalue weighted by molar-refractivity contribution is 7.92. The van der Waals surface area contributed by atoms with E-state index in [1.165, 1.54) is 28.6 Å². The molecule has 0 aromatic heterocycles. The Kier molecular flexibility index (Phi) is 6.28. The lowest BCUT2D eigenvalue weighted by Gasteiger charge is -2.27. The lowest BCUT2D eigenvalue weighted by atomic mass is 10.3. The number of anilines is 1. The van der Waals surface area contributed by atoms with Crippen LogP contribution in [0.3, 0.4) is 0 Å². The summed E-state index contributed by atoms with van der Waals surface area (Å²) < 4.78 is 57.4. The summed E-state index contributed by atoms with van der Waals surface area (Å²) in [5.41, 5.74) is 0.260. The predicted octanol–water partition coefficient (Wildman–Crippen LogP) is 0.0959. The van der Waals surface area contributed by atoms with Gasteiger partial charge in [0.05, 0.1) is 30.1 Å². The number of sulfonamides is 2. The second kappa shape index (κ2) is 8.36. The molecule has 2 aliphatic rings. The van der Waals surface area contributed by atoms with Crippen LogP contribution < -0.4 is 4.31 Å². The van der Waals surface area contributed by atoms with Gasteiger partial charge in [0, 0.05) is 26.2 Å². The summed E-state index contributed by atoms with van der Waals surface area (Å²) in [6.07, 6.45) is 2.86. The summed E-state index contributed by atoms with van der Waals surface area (Å²) in [5.74, 6) is -0.257. The van der Waals surface area contributed by atoms with Crippen molar-refractivity contribution >= 4 is 31.6 Å². The molecule has 2 saturated heterocycles. The Labute approximate surface area is 166 Å². The summed E-state index contributed by atoms with van der Waals surface area (Å²) in [6, 6.07) is 5.59.